The maximum absolute atomic E-state index is 12.8. The van der Waals surface area contributed by atoms with Gasteiger partial charge in [-0.1, -0.05) is 0 Å². The lowest BCUT2D eigenvalue weighted by atomic mass is 10.1. The number of ether oxygens (including phenoxy) is 6. The summed E-state index contributed by atoms with van der Waals surface area (Å²) in [7, 11) is 8.52. The van der Waals surface area contributed by atoms with Crippen molar-refractivity contribution in [1.82, 2.24) is 5.32 Å². The maximum atomic E-state index is 12.8. The van der Waals surface area contributed by atoms with Gasteiger partial charge in [0.2, 0.25) is 11.5 Å². The molecule has 32 heavy (non-hydrogen) atoms. The van der Waals surface area contributed by atoms with Crippen LogP contribution in [0.2, 0.25) is 0 Å². The van der Waals surface area contributed by atoms with Crippen molar-refractivity contribution < 1.29 is 43.1 Å². The van der Waals surface area contributed by atoms with Crippen LogP contribution < -0.4 is 38.8 Å². The van der Waals surface area contributed by atoms with Gasteiger partial charge in [0, 0.05) is 5.56 Å². The molecule has 0 aromatic heterocycles. The number of nitrogens with one attached hydrogen (secondary N) is 1. The number of hydrogen-bond donors (Lipinski definition) is 1. The number of methoxy groups -OCH3 is 6. The molecule has 0 unspecified atom stereocenters. The number of carboxylic acids is 1. The fourth-order valence-corrected chi connectivity index (χ4v) is 2.90. The zero-order valence-electron chi connectivity index (χ0n) is 18.6. The smallest absolute Gasteiger partial charge is 0.255 e. The Kier molecular flexibility index (Phi) is 8.17. The van der Waals surface area contributed by atoms with Gasteiger partial charge in [-0.2, -0.15) is 0 Å². The fourth-order valence-electron chi connectivity index (χ4n) is 2.90. The molecule has 0 spiro atoms. The molecular weight excluding hydrogens is 422 g/mol. The molecule has 0 saturated heterocycles. The molecule has 2 aromatic rings. The lowest BCUT2D eigenvalue weighted by Crippen LogP contribution is -2.35. The van der Waals surface area contributed by atoms with Crippen LogP contribution in [0.4, 0.5) is 0 Å². The molecular formula is C22H24NO9-. The number of carboxylic acid groups (broad SMARTS) is 1. The van der Waals surface area contributed by atoms with Gasteiger partial charge >= 0.3 is 0 Å². The quantitative estimate of drug-likeness (QED) is 0.537. The monoisotopic (exact) mass is 446 g/mol. The zero-order chi connectivity index (χ0) is 23.8. The Morgan fingerprint density at radius 3 is 1.47 bits per heavy atom. The van der Waals surface area contributed by atoms with E-state index >= 15 is 0 Å². The summed E-state index contributed by atoms with van der Waals surface area (Å²) in [4.78, 5) is 24.5. The van der Waals surface area contributed by atoms with Crippen molar-refractivity contribution >= 4 is 18.0 Å². The normalized spacial score (nSPS) is 10.8. The molecule has 0 aliphatic carbocycles. The van der Waals surface area contributed by atoms with Crippen LogP contribution in [0.5, 0.6) is 34.5 Å². The van der Waals surface area contributed by atoms with Gasteiger partial charge < -0.3 is 43.6 Å². The fraction of sp³-hybridized carbons (Fsp3) is 0.273. The Labute approximate surface area is 185 Å². The largest absolute Gasteiger partial charge is 0.543 e. The van der Waals surface area contributed by atoms with Gasteiger partial charge in [-0.15, -0.1) is 0 Å². The van der Waals surface area contributed by atoms with Crippen molar-refractivity contribution in [3.63, 3.8) is 0 Å². The van der Waals surface area contributed by atoms with Gasteiger partial charge in [-0.05, 0) is 35.9 Å². The molecule has 0 aliphatic rings. The van der Waals surface area contributed by atoms with Gasteiger partial charge in [0.25, 0.3) is 5.91 Å². The standard InChI is InChI=1S/C22H25NO9/c1-27-15-8-12(9-16(28-2)19(15)31-5)7-14(22(25)26)23-21(24)13-10-17(29-3)20(32-6)18(11-13)30-4/h7-11H,1-6H3,(H,23,24)(H,25,26)/p-1/b14-7-. The molecule has 172 valence electrons. The minimum absolute atomic E-state index is 0.0801. The van der Waals surface area contributed by atoms with Crippen molar-refractivity contribution in [2.24, 2.45) is 0 Å². The summed E-state index contributed by atoms with van der Waals surface area (Å²) in [5, 5.41) is 14.0. The Bertz CT molecular complexity index is 980. The Hall–Kier alpha value is -4.08. The first-order chi connectivity index (χ1) is 15.3. The summed E-state index contributed by atoms with van der Waals surface area (Å²) < 4.78 is 31.4. The minimum atomic E-state index is -1.60. The van der Waals surface area contributed by atoms with E-state index in [4.69, 9.17) is 28.4 Å². The Balaban J connectivity index is 2.46. The molecule has 0 saturated carbocycles. The first-order valence-electron chi connectivity index (χ1n) is 9.17. The molecule has 10 heteroatoms. The summed E-state index contributed by atoms with van der Waals surface area (Å²) in [5.74, 6) is -0.602. The van der Waals surface area contributed by atoms with Gasteiger partial charge in [0.05, 0.1) is 54.3 Å². The van der Waals surface area contributed by atoms with Crippen LogP contribution in [0, 0.1) is 0 Å². The Morgan fingerprint density at radius 1 is 0.719 bits per heavy atom. The molecule has 0 bridgehead atoms. The van der Waals surface area contributed by atoms with E-state index in [2.05, 4.69) is 5.32 Å². The van der Waals surface area contributed by atoms with E-state index in [1.54, 1.807) is 0 Å². The Morgan fingerprint density at radius 2 is 1.12 bits per heavy atom. The highest BCUT2D eigenvalue weighted by molar-refractivity contribution is 6.03. The van der Waals surface area contributed by atoms with E-state index in [1.165, 1.54) is 73.0 Å². The third kappa shape index (κ3) is 5.15. The van der Waals surface area contributed by atoms with E-state index in [9.17, 15) is 14.7 Å². The molecule has 1 N–H and O–H groups in total. The zero-order valence-corrected chi connectivity index (χ0v) is 18.6. The second-order valence-electron chi connectivity index (χ2n) is 6.17. The maximum Gasteiger partial charge on any atom is 0.255 e. The highest BCUT2D eigenvalue weighted by Crippen LogP contribution is 2.39. The van der Waals surface area contributed by atoms with Gasteiger partial charge in [-0.25, -0.2) is 0 Å². The molecule has 0 radical (unpaired) electrons. The topological polar surface area (TPSA) is 125 Å². The first-order valence-corrected chi connectivity index (χ1v) is 9.17. The third-order valence-electron chi connectivity index (χ3n) is 4.39. The summed E-state index contributed by atoms with van der Waals surface area (Å²) >= 11 is 0. The van der Waals surface area contributed by atoms with Gasteiger partial charge in [0.1, 0.15) is 0 Å². The van der Waals surface area contributed by atoms with Gasteiger partial charge in [-0.3, -0.25) is 4.79 Å². The molecule has 10 nitrogen and oxygen atoms in total. The molecule has 0 atom stereocenters. The van der Waals surface area contributed by atoms with Crippen molar-refractivity contribution in [2.45, 2.75) is 0 Å². The molecule has 0 heterocycles. The van der Waals surface area contributed by atoms with Crippen molar-refractivity contribution in [3.8, 4) is 34.5 Å². The van der Waals surface area contributed by atoms with Crippen molar-refractivity contribution in [3.05, 3.63) is 41.1 Å². The van der Waals surface area contributed by atoms with E-state index < -0.39 is 17.6 Å². The van der Waals surface area contributed by atoms with Crippen LogP contribution in [0.25, 0.3) is 6.08 Å². The lowest BCUT2D eigenvalue weighted by molar-refractivity contribution is -0.299. The number of benzene rings is 2. The second-order valence-corrected chi connectivity index (χ2v) is 6.17. The van der Waals surface area contributed by atoms with Gasteiger partial charge in [0.15, 0.2) is 23.0 Å². The lowest BCUT2D eigenvalue weighted by Gasteiger charge is -2.16. The van der Waals surface area contributed by atoms with E-state index in [0.717, 1.165) is 0 Å². The number of carbonyl (C=O) groups excluding carboxylic acids is 2. The van der Waals surface area contributed by atoms with E-state index in [0.29, 0.717) is 28.6 Å². The highest BCUT2D eigenvalue weighted by atomic mass is 16.5. The predicted molar refractivity (Wildman–Crippen MR) is 113 cm³/mol. The van der Waals surface area contributed by atoms with Crippen LogP contribution in [0.1, 0.15) is 15.9 Å². The van der Waals surface area contributed by atoms with E-state index in [-0.39, 0.29) is 17.1 Å². The van der Waals surface area contributed by atoms with Crippen LogP contribution in [-0.2, 0) is 4.79 Å². The molecule has 2 aromatic carbocycles. The van der Waals surface area contributed by atoms with Crippen molar-refractivity contribution in [1.29, 1.82) is 0 Å². The molecule has 0 aliphatic heterocycles. The van der Waals surface area contributed by atoms with Crippen LogP contribution in [0.15, 0.2) is 30.0 Å². The average Bonchev–Trinajstić information content (AvgIpc) is 2.81. The average molecular weight is 446 g/mol. The van der Waals surface area contributed by atoms with Crippen LogP contribution >= 0.6 is 0 Å². The highest BCUT2D eigenvalue weighted by Gasteiger charge is 2.18. The second kappa shape index (κ2) is 10.8. The van der Waals surface area contributed by atoms with Crippen LogP contribution in [-0.4, -0.2) is 54.5 Å². The molecule has 1 amide bonds. The third-order valence-corrected chi connectivity index (χ3v) is 4.39. The summed E-state index contributed by atoms with van der Waals surface area (Å²) in [6.07, 6.45) is 1.20. The number of carbonyl (C=O) groups is 2. The van der Waals surface area contributed by atoms with E-state index in [1.807, 2.05) is 0 Å². The van der Waals surface area contributed by atoms with Crippen molar-refractivity contribution in [2.75, 3.05) is 42.7 Å². The number of rotatable bonds is 10. The molecule has 2 rings (SSSR count). The summed E-state index contributed by atoms with van der Waals surface area (Å²) in [5.41, 5.74) is -0.0431. The summed E-state index contributed by atoms with van der Waals surface area (Å²) in [6.45, 7) is 0. The summed E-state index contributed by atoms with van der Waals surface area (Å²) in [6, 6.07) is 5.83. The first kappa shape index (κ1) is 24.2. The minimum Gasteiger partial charge on any atom is -0.543 e. The number of hydrogen-bond acceptors (Lipinski definition) is 9. The number of aliphatic carboxylic acids is 1. The van der Waals surface area contributed by atoms with Crippen LogP contribution in [0.3, 0.4) is 0 Å². The predicted octanol–water partition coefficient (Wildman–Crippen LogP) is 1.26. The molecule has 0 fully saturated rings. The SMILES string of the molecule is COc1cc(/C=C(\NC(=O)c2cc(OC)c(OC)c(OC)c2)C(=O)[O-])cc(OC)c1OC. The number of amides is 1.